The van der Waals surface area contributed by atoms with Crippen LogP contribution < -0.4 is 5.32 Å². The summed E-state index contributed by atoms with van der Waals surface area (Å²) in [5.74, 6) is 0. The smallest absolute Gasteiger partial charge is 0.0576 e. The lowest BCUT2D eigenvalue weighted by atomic mass is 10.1. The second-order valence-electron chi connectivity index (χ2n) is 4.97. The van der Waals surface area contributed by atoms with E-state index in [1.54, 1.807) is 0 Å². The largest absolute Gasteiger partial charge is 0.378 e. The van der Waals surface area contributed by atoms with Crippen molar-refractivity contribution in [3.05, 3.63) is 34.9 Å². The Kier molecular flexibility index (Phi) is 5.48. The van der Waals surface area contributed by atoms with Crippen LogP contribution in [-0.2, 0) is 4.74 Å². The summed E-state index contributed by atoms with van der Waals surface area (Å²) in [7, 11) is 0. The van der Waals surface area contributed by atoms with Gasteiger partial charge < -0.3 is 10.1 Å². The Morgan fingerprint density at radius 1 is 1.44 bits per heavy atom. The molecule has 0 saturated carbocycles. The summed E-state index contributed by atoms with van der Waals surface area (Å²) in [6, 6.07) is 8.34. The molecule has 2 unspecified atom stereocenters. The van der Waals surface area contributed by atoms with E-state index >= 15 is 0 Å². The molecule has 1 aromatic rings. The van der Waals surface area contributed by atoms with E-state index in [1.165, 1.54) is 31.2 Å². The zero-order chi connectivity index (χ0) is 12.8. The van der Waals surface area contributed by atoms with E-state index in [4.69, 9.17) is 16.3 Å². The molecular weight excluding hydrogens is 246 g/mol. The molecule has 0 amide bonds. The highest BCUT2D eigenvalue weighted by molar-refractivity contribution is 6.31. The van der Waals surface area contributed by atoms with Crippen molar-refractivity contribution in [3.8, 4) is 0 Å². The van der Waals surface area contributed by atoms with Crippen LogP contribution in [0.2, 0.25) is 5.02 Å². The summed E-state index contributed by atoms with van der Waals surface area (Å²) in [6.07, 6.45) is 5.30. The number of hydrogen-bond donors (Lipinski definition) is 1. The van der Waals surface area contributed by atoms with Crippen LogP contribution in [0.5, 0.6) is 0 Å². The Bertz CT molecular complexity index is 363. The van der Waals surface area contributed by atoms with Gasteiger partial charge in [-0.3, -0.25) is 0 Å². The van der Waals surface area contributed by atoms with Crippen LogP contribution in [0.1, 0.15) is 44.2 Å². The molecule has 1 saturated heterocycles. The van der Waals surface area contributed by atoms with Crippen LogP contribution in [-0.4, -0.2) is 19.3 Å². The fraction of sp³-hybridized carbons (Fsp3) is 0.600. The average Bonchev–Trinajstić information content (AvgIpc) is 2.88. The summed E-state index contributed by atoms with van der Waals surface area (Å²) < 4.78 is 5.61. The monoisotopic (exact) mass is 267 g/mol. The fourth-order valence-corrected chi connectivity index (χ4v) is 2.76. The standard InChI is InChI=1S/C15H22ClNO/c1-12(14-8-2-3-9-15(14)16)17-10-4-6-13-7-5-11-18-13/h2-3,8-9,12-13,17H,4-7,10-11H2,1H3. The second-order valence-corrected chi connectivity index (χ2v) is 5.38. The molecule has 3 heteroatoms. The highest BCUT2D eigenvalue weighted by Crippen LogP contribution is 2.22. The number of nitrogens with one attached hydrogen (secondary N) is 1. The first-order valence-electron chi connectivity index (χ1n) is 6.87. The molecule has 1 aliphatic rings. The summed E-state index contributed by atoms with van der Waals surface area (Å²) in [5.41, 5.74) is 1.18. The van der Waals surface area contributed by atoms with E-state index in [-0.39, 0.29) is 0 Å². The van der Waals surface area contributed by atoms with Crippen molar-refractivity contribution in [1.29, 1.82) is 0 Å². The minimum atomic E-state index is 0.309. The number of halogens is 1. The first-order chi connectivity index (χ1) is 8.77. The molecule has 2 rings (SSSR count). The number of ether oxygens (including phenoxy) is 1. The SMILES string of the molecule is CC(NCCCC1CCCO1)c1ccccc1Cl. The van der Waals surface area contributed by atoms with Crippen molar-refractivity contribution in [2.75, 3.05) is 13.2 Å². The van der Waals surface area contributed by atoms with Crippen LogP contribution in [0.3, 0.4) is 0 Å². The third kappa shape index (κ3) is 3.98. The maximum Gasteiger partial charge on any atom is 0.0576 e. The Labute approximate surface area is 115 Å². The number of benzene rings is 1. The number of hydrogen-bond acceptors (Lipinski definition) is 2. The van der Waals surface area contributed by atoms with E-state index in [0.29, 0.717) is 12.1 Å². The highest BCUT2D eigenvalue weighted by Gasteiger charge is 2.15. The summed E-state index contributed by atoms with van der Waals surface area (Å²) >= 11 is 6.18. The Hall–Kier alpha value is -0.570. The van der Waals surface area contributed by atoms with Crippen LogP contribution in [0.25, 0.3) is 0 Å². The molecule has 0 spiro atoms. The third-order valence-corrected chi connectivity index (χ3v) is 3.89. The van der Waals surface area contributed by atoms with Crippen molar-refractivity contribution in [1.82, 2.24) is 5.32 Å². The first kappa shape index (κ1) is 13.9. The van der Waals surface area contributed by atoms with Crippen LogP contribution in [0.15, 0.2) is 24.3 Å². The van der Waals surface area contributed by atoms with Gasteiger partial charge in [-0.25, -0.2) is 0 Å². The van der Waals surface area contributed by atoms with Crippen molar-refractivity contribution in [3.63, 3.8) is 0 Å². The third-order valence-electron chi connectivity index (χ3n) is 3.55. The summed E-state index contributed by atoms with van der Waals surface area (Å²) in [6.45, 7) is 4.13. The summed E-state index contributed by atoms with van der Waals surface area (Å²) in [5, 5.41) is 4.37. The lowest BCUT2D eigenvalue weighted by Crippen LogP contribution is -2.21. The maximum atomic E-state index is 6.18. The Balaban J connectivity index is 1.68. The predicted molar refractivity (Wildman–Crippen MR) is 76.1 cm³/mol. The average molecular weight is 268 g/mol. The molecule has 0 bridgehead atoms. The first-order valence-corrected chi connectivity index (χ1v) is 7.24. The van der Waals surface area contributed by atoms with Gasteiger partial charge in [0.05, 0.1) is 6.10 Å². The molecule has 2 atom stereocenters. The minimum absolute atomic E-state index is 0.309. The maximum absolute atomic E-state index is 6.18. The molecule has 2 nitrogen and oxygen atoms in total. The molecule has 1 aliphatic heterocycles. The van der Waals surface area contributed by atoms with Crippen LogP contribution >= 0.6 is 11.6 Å². The zero-order valence-electron chi connectivity index (χ0n) is 11.0. The molecule has 1 aromatic carbocycles. The zero-order valence-corrected chi connectivity index (χ0v) is 11.7. The molecule has 1 fully saturated rings. The molecule has 18 heavy (non-hydrogen) atoms. The van der Waals surface area contributed by atoms with Gasteiger partial charge in [-0.05, 0) is 50.8 Å². The minimum Gasteiger partial charge on any atom is -0.378 e. The van der Waals surface area contributed by atoms with Gasteiger partial charge in [-0.2, -0.15) is 0 Å². The van der Waals surface area contributed by atoms with Crippen molar-refractivity contribution in [2.24, 2.45) is 0 Å². The van der Waals surface area contributed by atoms with E-state index in [0.717, 1.165) is 18.2 Å². The van der Waals surface area contributed by atoms with E-state index in [9.17, 15) is 0 Å². The lowest BCUT2D eigenvalue weighted by molar-refractivity contribution is 0.102. The van der Waals surface area contributed by atoms with E-state index in [1.807, 2.05) is 18.2 Å². The van der Waals surface area contributed by atoms with E-state index < -0.39 is 0 Å². The van der Waals surface area contributed by atoms with Crippen molar-refractivity contribution in [2.45, 2.75) is 44.8 Å². The van der Waals surface area contributed by atoms with Gasteiger partial charge in [-0.15, -0.1) is 0 Å². The second kappa shape index (κ2) is 7.13. The van der Waals surface area contributed by atoms with E-state index in [2.05, 4.69) is 18.3 Å². The predicted octanol–water partition coefficient (Wildman–Crippen LogP) is 3.95. The highest BCUT2D eigenvalue weighted by atomic mass is 35.5. The van der Waals surface area contributed by atoms with Crippen molar-refractivity contribution < 1.29 is 4.74 Å². The van der Waals surface area contributed by atoms with Gasteiger partial charge >= 0.3 is 0 Å². The quantitative estimate of drug-likeness (QED) is 0.788. The van der Waals surface area contributed by atoms with Crippen LogP contribution in [0, 0.1) is 0 Å². The molecule has 1 N–H and O–H groups in total. The number of rotatable bonds is 6. The normalized spacial score (nSPS) is 21.1. The van der Waals surface area contributed by atoms with Gasteiger partial charge in [-0.1, -0.05) is 29.8 Å². The van der Waals surface area contributed by atoms with Gasteiger partial charge in [0.2, 0.25) is 0 Å². The van der Waals surface area contributed by atoms with Crippen molar-refractivity contribution >= 4 is 11.6 Å². The lowest BCUT2D eigenvalue weighted by Gasteiger charge is -2.16. The molecule has 0 aliphatic carbocycles. The van der Waals surface area contributed by atoms with Gasteiger partial charge in [0, 0.05) is 17.7 Å². The Morgan fingerprint density at radius 2 is 2.28 bits per heavy atom. The van der Waals surface area contributed by atoms with Gasteiger partial charge in [0.1, 0.15) is 0 Å². The fourth-order valence-electron chi connectivity index (χ4n) is 2.46. The molecule has 0 aromatic heterocycles. The topological polar surface area (TPSA) is 21.3 Å². The molecule has 0 radical (unpaired) electrons. The van der Waals surface area contributed by atoms with Gasteiger partial charge in [0.25, 0.3) is 0 Å². The van der Waals surface area contributed by atoms with Gasteiger partial charge in [0.15, 0.2) is 0 Å². The molecule has 100 valence electrons. The summed E-state index contributed by atoms with van der Waals surface area (Å²) in [4.78, 5) is 0. The van der Waals surface area contributed by atoms with Crippen LogP contribution in [0.4, 0.5) is 0 Å². The molecule has 1 heterocycles. The molecular formula is C15H22ClNO. The Morgan fingerprint density at radius 3 is 3.00 bits per heavy atom.